The molecular weight excluding hydrogens is 310 g/mol. The molecule has 0 radical (unpaired) electrons. The molecule has 0 atom stereocenters. The predicted molar refractivity (Wildman–Crippen MR) is 83.2 cm³/mol. The van der Waals surface area contributed by atoms with Crippen molar-refractivity contribution >= 4 is 29.1 Å². The highest BCUT2D eigenvalue weighted by Crippen LogP contribution is 2.21. The molecule has 8 heteroatoms. The number of hydrazone groups is 1. The summed E-state index contributed by atoms with van der Waals surface area (Å²) in [6.45, 7) is 2.44. The fourth-order valence-corrected chi connectivity index (χ4v) is 1.70. The van der Waals surface area contributed by atoms with Crippen LogP contribution in [0.1, 0.15) is 23.7 Å². The zero-order valence-corrected chi connectivity index (χ0v) is 13.1. The third-order valence-electron chi connectivity index (χ3n) is 2.60. The lowest BCUT2D eigenvalue weighted by Gasteiger charge is -2.06. The Bertz CT molecular complexity index is 575. The number of benzene rings is 1. The number of hydrogen-bond donors (Lipinski definition) is 3. The zero-order chi connectivity index (χ0) is 16.5. The number of rotatable bonds is 7. The summed E-state index contributed by atoms with van der Waals surface area (Å²) in [4.78, 5) is 23.4. The molecule has 7 nitrogen and oxygen atoms in total. The van der Waals surface area contributed by atoms with Crippen molar-refractivity contribution in [3.05, 3.63) is 28.8 Å². The number of nitrogens with zero attached hydrogens (tertiary/aromatic N) is 1. The van der Waals surface area contributed by atoms with E-state index >= 15 is 0 Å². The maximum atomic E-state index is 11.9. The van der Waals surface area contributed by atoms with Gasteiger partial charge in [0.05, 0.1) is 18.6 Å². The zero-order valence-electron chi connectivity index (χ0n) is 12.4. The number of methoxy groups -OCH3 is 1. The molecule has 0 fully saturated rings. The Morgan fingerprint density at radius 1 is 1.41 bits per heavy atom. The lowest BCUT2D eigenvalue weighted by Crippen LogP contribution is -2.29. The molecule has 0 spiro atoms. The number of ether oxygens (including phenoxy) is 1. The van der Waals surface area contributed by atoms with E-state index in [0.717, 1.165) is 0 Å². The standard InChI is InChI=1S/C14H18ClN3O4/c1-9(7-13(20)16-5-6-22-2)17-18-14(21)11-8-10(15)3-4-12(11)19/h3-4,8,19H,5-7H2,1-2H3,(H,16,20)(H,18,21)/b17-9-. The van der Waals surface area contributed by atoms with Gasteiger partial charge < -0.3 is 15.2 Å². The van der Waals surface area contributed by atoms with Crippen molar-refractivity contribution < 1.29 is 19.4 Å². The van der Waals surface area contributed by atoms with Crippen LogP contribution in [-0.4, -0.2) is 42.9 Å². The van der Waals surface area contributed by atoms with Gasteiger partial charge in [-0.2, -0.15) is 5.10 Å². The summed E-state index contributed by atoms with van der Waals surface area (Å²) in [7, 11) is 1.54. The Labute approximate surface area is 133 Å². The van der Waals surface area contributed by atoms with Crippen LogP contribution in [-0.2, 0) is 9.53 Å². The normalized spacial score (nSPS) is 11.1. The van der Waals surface area contributed by atoms with Crippen LogP contribution in [0.4, 0.5) is 0 Å². The van der Waals surface area contributed by atoms with Crippen LogP contribution in [0.2, 0.25) is 5.02 Å². The van der Waals surface area contributed by atoms with Crippen molar-refractivity contribution in [3.8, 4) is 5.75 Å². The predicted octanol–water partition coefficient (Wildman–Crippen LogP) is 1.30. The number of nitrogens with one attached hydrogen (secondary N) is 2. The first-order chi connectivity index (χ1) is 10.4. The van der Waals surface area contributed by atoms with Crippen molar-refractivity contribution in [1.29, 1.82) is 0 Å². The summed E-state index contributed by atoms with van der Waals surface area (Å²) in [5, 5.41) is 16.4. The van der Waals surface area contributed by atoms with Crippen LogP contribution in [0, 0.1) is 0 Å². The Morgan fingerprint density at radius 2 is 2.14 bits per heavy atom. The second-order valence-corrected chi connectivity index (χ2v) is 4.91. The molecule has 0 aliphatic rings. The van der Waals surface area contributed by atoms with Gasteiger partial charge in [0.2, 0.25) is 5.91 Å². The van der Waals surface area contributed by atoms with Gasteiger partial charge in [-0.1, -0.05) is 11.6 Å². The van der Waals surface area contributed by atoms with Crippen LogP contribution in [0.3, 0.4) is 0 Å². The Hall–Kier alpha value is -2.12. The van der Waals surface area contributed by atoms with E-state index in [1.54, 1.807) is 14.0 Å². The minimum absolute atomic E-state index is 0.00796. The van der Waals surface area contributed by atoms with Crippen molar-refractivity contribution in [2.75, 3.05) is 20.3 Å². The number of carbonyl (C=O) groups excluding carboxylic acids is 2. The molecule has 0 heterocycles. The van der Waals surface area contributed by atoms with E-state index < -0.39 is 5.91 Å². The molecule has 0 bridgehead atoms. The SMILES string of the molecule is COCCNC(=O)C/C(C)=N\NC(=O)c1cc(Cl)ccc1O. The lowest BCUT2D eigenvalue weighted by molar-refractivity contribution is -0.120. The lowest BCUT2D eigenvalue weighted by atomic mass is 10.2. The third kappa shape index (κ3) is 6.11. The van der Waals surface area contributed by atoms with Gasteiger partial charge in [-0.25, -0.2) is 5.43 Å². The first kappa shape index (κ1) is 17.9. The molecule has 120 valence electrons. The molecule has 0 saturated heterocycles. The van der Waals surface area contributed by atoms with Crippen LogP contribution in [0.25, 0.3) is 0 Å². The first-order valence-corrected chi connectivity index (χ1v) is 6.89. The third-order valence-corrected chi connectivity index (χ3v) is 2.83. The molecule has 22 heavy (non-hydrogen) atoms. The molecule has 1 aromatic carbocycles. The number of phenols is 1. The van der Waals surface area contributed by atoms with Crippen LogP contribution < -0.4 is 10.7 Å². The van der Waals surface area contributed by atoms with Gasteiger partial charge in [-0.05, 0) is 25.1 Å². The highest BCUT2D eigenvalue weighted by Gasteiger charge is 2.11. The van der Waals surface area contributed by atoms with Gasteiger partial charge in [0.15, 0.2) is 0 Å². The molecule has 2 amide bonds. The maximum absolute atomic E-state index is 11.9. The number of carbonyl (C=O) groups is 2. The van der Waals surface area contributed by atoms with Crippen molar-refractivity contribution in [2.45, 2.75) is 13.3 Å². The Balaban J connectivity index is 2.54. The van der Waals surface area contributed by atoms with Gasteiger partial charge in [0.1, 0.15) is 5.75 Å². The molecule has 3 N–H and O–H groups in total. The molecular formula is C14H18ClN3O4. The quantitative estimate of drug-likeness (QED) is 0.399. The fraction of sp³-hybridized carbons (Fsp3) is 0.357. The summed E-state index contributed by atoms with van der Waals surface area (Å²) in [6, 6.07) is 4.11. The second-order valence-electron chi connectivity index (χ2n) is 4.47. The highest BCUT2D eigenvalue weighted by atomic mass is 35.5. The van der Waals surface area contributed by atoms with E-state index in [0.29, 0.717) is 23.9 Å². The van der Waals surface area contributed by atoms with Crippen LogP contribution in [0.5, 0.6) is 5.75 Å². The van der Waals surface area contributed by atoms with E-state index in [1.165, 1.54) is 18.2 Å². The van der Waals surface area contributed by atoms with E-state index in [4.69, 9.17) is 16.3 Å². The summed E-state index contributed by atoms with van der Waals surface area (Å²) in [6.07, 6.45) is 0.0471. The number of amides is 2. The van der Waals surface area contributed by atoms with Crippen molar-refractivity contribution in [2.24, 2.45) is 5.10 Å². The maximum Gasteiger partial charge on any atom is 0.275 e. The van der Waals surface area contributed by atoms with E-state index in [9.17, 15) is 14.7 Å². The smallest absolute Gasteiger partial charge is 0.275 e. The fourth-order valence-electron chi connectivity index (χ4n) is 1.52. The van der Waals surface area contributed by atoms with Gasteiger partial charge in [-0.15, -0.1) is 0 Å². The number of phenolic OH excluding ortho intramolecular Hbond substituents is 1. The van der Waals surface area contributed by atoms with E-state index in [-0.39, 0.29) is 23.6 Å². The number of halogens is 1. The largest absolute Gasteiger partial charge is 0.507 e. The highest BCUT2D eigenvalue weighted by molar-refractivity contribution is 6.31. The van der Waals surface area contributed by atoms with Gasteiger partial charge >= 0.3 is 0 Å². The van der Waals surface area contributed by atoms with Crippen LogP contribution >= 0.6 is 11.6 Å². The number of hydrogen-bond acceptors (Lipinski definition) is 5. The monoisotopic (exact) mass is 327 g/mol. The summed E-state index contributed by atoms with van der Waals surface area (Å²) >= 11 is 5.76. The Morgan fingerprint density at radius 3 is 2.82 bits per heavy atom. The minimum atomic E-state index is -0.612. The van der Waals surface area contributed by atoms with E-state index in [2.05, 4.69) is 15.8 Å². The molecule has 0 unspecified atom stereocenters. The molecule has 0 aliphatic carbocycles. The molecule has 1 aromatic rings. The van der Waals surface area contributed by atoms with Crippen LogP contribution in [0.15, 0.2) is 23.3 Å². The summed E-state index contributed by atoms with van der Waals surface area (Å²) in [5.74, 6) is -1.04. The molecule has 0 aromatic heterocycles. The molecule has 0 aliphatic heterocycles. The van der Waals surface area contributed by atoms with Gasteiger partial charge in [0, 0.05) is 24.4 Å². The first-order valence-electron chi connectivity index (χ1n) is 6.51. The minimum Gasteiger partial charge on any atom is -0.507 e. The average Bonchev–Trinajstić information content (AvgIpc) is 2.47. The number of aromatic hydroxyl groups is 1. The van der Waals surface area contributed by atoms with Crippen molar-refractivity contribution in [3.63, 3.8) is 0 Å². The summed E-state index contributed by atoms with van der Waals surface area (Å²) in [5.41, 5.74) is 2.69. The average molecular weight is 328 g/mol. The Kier molecular flexibility index (Phi) is 7.34. The van der Waals surface area contributed by atoms with Crippen molar-refractivity contribution in [1.82, 2.24) is 10.7 Å². The van der Waals surface area contributed by atoms with Gasteiger partial charge in [-0.3, -0.25) is 9.59 Å². The summed E-state index contributed by atoms with van der Waals surface area (Å²) < 4.78 is 4.81. The second kappa shape index (κ2) is 9.01. The topological polar surface area (TPSA) is 100 Å². The molecule has 1 rings (SSSR count). The van der Waals surface area contributed by atoms with E-state index in [1.807, 2.05) is 0 Å². The molecule has 0 saturated carbocycles. The van der Waals surface area contributed by atoms with Gasteiger partial charge in [0.25, 0.3) is 5.91 Å².